The van der Waals surface area contributed by atoms with E-state index in [4.69, 9.17) is 10.5 Å². The molecule has 1 fully saturated rings. The predicted molar refractivity (Wildman–Crippen MR) is 104 cm³/mol. The minimum Gasteiger partial charge on any atom is -0.378 e. The number of carbonyl (C=O) groups is 1. The first-order chi connectivity index (χ1) is 13.2. The Morgan fingerprint density at radius 2 is 1.67 bits per heavy atom. The van der Waals surface area contributed by atoms with Crippen molar-refractivity contribution in [3.63, 3.8) is 0 Å². The number of carbonyl (C=O) groups excluding carboxylic acids is 1. The summed E-state index contributed by atoms with van der Waals surface area (Å²) in [6.45, 7) is 3.08. The lowest BCUT2D eigenvalue weighted by Crippen LogP contribution is -2.36. The quantitative estimate of drug-likeness (QED) is 0.593. The van der Waals surface area contributed by atoms with Crippen LogP contribution in [0.15, 0.2) is 48.5 Å². The molecule has 0 unspecified atom stereocenters. The zero-order valence-electron chi connectivity index (χ0n) is 14.7. The van der Waals surface area contributed by atoms with Gasteiger partial charge in [-0.15, -0.1) is 0 Å². The summed E-state index contributed by atoms with van der Waals surface area (Å²) in [5, 5.41) is 0. The van der Waals surface area contributed by atoms with E-state index in [1.165, 1.54) is 0 Å². The van der Waals surface area contributed by atoms with E-state index < -0.39 is 0 Å². The maximum atomic E-state index is 13.1. The number of hydrogen-bond acceptors (Lipinski definition) is 6. The molecule has 2 aromatic carbocycles. The van der Waals surface area contributed by atoms with E-state index in [0.717, 1.165) is 29.9 Å². The highest BCUT2D eigenvalue weighted by Crippen LogP contribution is 2.41. The molecule has 2 N–H and O–H groups in total. The van der Waals surface area contributed by atoms with Crippen molar-refractivity contribution in [3.05, 3.63) is 59.7 Å². The number of fused-ring (bicyclic) bond motifs is 3. The molecule has 1 saturated heterocycles. The molecule has 0 amide bonds. The van der Waals surface area contributed by atoms with Gasteiger partial charge in [0.05, 0.1) is 30.2 Å². The standard InChI is InChI=1S/C21H18N4O2/c22-21-23-18(13-4-2-1-3-5-13)17-19(24-21)16-12-14(6-7-15(16)20(17)26)25-8-10-27-11-9-25/h1-7,12H,8-11H2,(H2,22,23,24). The molecule has 0 radical (unpaired) electrons. The van der Waals surface area contributed by atoms with Gasteiger partial charge in [-0.05, 0) is 18.2 Å². The number of morpholine rings is 1. The molecule has 2 aliphatic rings. The normalized spacial score (nSPS) is 15.6. The van der Waals surface area contributed by atoms with Gasteiger partial charge in [-0.2, -0.15) is 0 Å². The second-order valence-corrected chi connectivity index (χ2v) is 6.68. The second-order valence-electron chi connectivity index (χ2n) is 6.68. The Hall–Kier alpha value is -3.25. The van der Waals surface area contributed by atoms with Gasteiger partial charge in [0.25, 0.3) is 0 Å². The molecule has 0 bridgehead atoms. The summed E-state index contributed by atoms with van der Waals surface area (Å²) >= 11 is 0. The Kier molecular flexibility index (Phi) is 3.65. The summed E-state index contributed by atoms with van der Waals surface area (Å²) in [6.07, 6.45) is 0. The lowest BCUT2D eigenvalue weighted by Gasteiger charge is -2.29. The van der Waals surface area contributed by atoms with Crippen molar-refractivity contribution in [1.82, 2.24) is 9.97 Å². The van der Waals surface area contributed by atoms with Crippen LogP contribution in [0, 0.1) is 0 Å². The number of rotatable bonds is 2. The van der Waals surface area contributed by atoms with Crippen LogP contribution in [0.4, 0.5) is 11.6 Å². The number of benzene rings is 2. The number of ketones is 1. The van der Waals surface area contributed by atoms with Gasteiger partial charge in [0.15, 0.2) is 5.78 Å². The van der Waals surface area contributed by atoms with E-state index in [0.29, 0.717) is 35.7 Å². The maximum Gasteiger partial charge on any atom is 0.221 e. The van der Waals surface area contributed by atoms with E-state index in [1.54, 1.807) is 0 Å². The van der Waals surface area contributed by atoms with Crippen molar-refractivity contribution in [2.75, 3.05) is 36.9 Å². The highest BCUT2D eigenvalue weighted by Gasteiger charge is 2.33. The zero-order valence-corrected chi connectivity index (χ0v) is 14.7. The minimum absolute atomic E-state index is 0.0487. The fraction of sp³-hybridized carbons (Fsp3) is 0.190. The maximum absolute atomic E-state index is 13.1. The average Bonchev–Trinajstić information content (AvgIpc) is 3.00. The van der Waals surface area contributed by atoms with Gasteiger partial charge in [0.2, 0.25) is 5.95 Å². The molecule has 2 heterocycles. The molecule has 0 saturated carbocycles. The van der Waals surface area contributed by atoms with Crippen LogP contribution in [0.2, 0.25) is 0 Å². The Bertz CT molecular complexity index is 1040. The molecule has 134 valence electrons. The topological polar surface area (TPSA) is 81.3 Å². The third-order valence-corrected chi connectivity index (χ3v) is 5.08. The summed E-state index contributed by atoms with van der Waals surface area (Å²) in [5.41, 5.74) is 11.1. The van der Waals surface area contributed by atoms with E-state index in [2.05, 4.69) is 14.9 Å². The van der Waals surface area contributed by atoms with Gasteiger partial charge in [0.1, 0.15) is 0 Å². The summed E-state index contributed by atoms with van der Waals surface area (Å²) in [4.78, 5) is 24.2. The molecular formula is C21H18N4O2. The molecule has 1 aromatic heterocycles. The largest absolute Gasteiger partial charge is 0.378 e. The summed E-state index contributed by atoms with van der Waals surface area (Å²) in [7, 11) is 0. The van der Waals surface area contributed by atoms with Crippen LogP contribution < -0.4 is 10.6 Å². The summed E-state index contributed by atoms with van der Waals surface area (Å²) in [5.74, 6) is 0.123. The Morgan fingerprint density at radius 3 is 2.44 bits per heavy atom. The Labute approximate surface area is 156 Å². The van der Waals surface area contributed by atoms with Crippen molar-refractivity contribution < 1.29 is 9.53 Å². The Morgan fingerprint density at radius 1 is 0.926 bits per heavy atom. The number of hydrogen-bond donors (Lipinski definition) is 1. The number of nitrogens with two attached hydrogens (primary N) is 1. The van der Waals surface area contributed by atoms with Crippen LogP contribution >= 0.6 is 0 Å². The van der Waals surface area contributed by atoms with Crippen molar-refractivity contribution in [1.29, 1.82) is 0 Å². The van der Waals surface area contributed by atoms with E-state index in [-0.39, 0.29) is 11.7 Å². The third-order valence-electron chi connectivity index (χ3n) is 5.08. The molecule has 5 rings (SSSR count). The number of anilines is 2. The molecule has 27 heavy (non-hydrogen) atoms. The lowest BCUT2D eigenvalue weighted by molar-refractivity contribution is 0.104. The molecule has 0 spiro atoms. The van der Waals surface area contributed by atoms with Gasteiger partial charge >= 0.3 is 0 Å². The van der Waals surface area contributed by atoms with E-state index in [1.807, 2.05) is 48.5 Å². The average molecular weight is 358 g/mol. The molecular weight excluding hydrogens is 340 g/mol. The first-order valence-corrected chi connectivity index (χ1v) is 8.97. The molecule has 1 aliphatic heterocycles. The van der Waals surface area contributed by atoms with E-state index >= 15 is 0 Å². The van der Waals surface area contributed by atoms with Crippen LogP contribution in [0.3, 0.4) is 0 Å². The van der Waals surface area contributed by atoms with Crippen LogP contribution in [0.1, 0.15) is 15.9 Å². The zero-order chi connectivity index (χ0) is 18.4. The van der Waals surface area contributed by atoms with Crippen LogP contribution in [0.25, 0.3) is 22.5 Å². The predicted octanol–water partition coefficient (Wildman–Crippen LogP) is 2.77. The molecule has 3 aromatic rings. The molecule has 0 atom stereocenters. The highest BCUT2D eigenvalue weighted by molar-refractivity contribution is 6.24. The number of aromatic nitrogens is 2. The minimum atomic E-state index is -0.0487. The van der Waals surface area contributed by atoms with Crippen molar-refractivity contribution in [2.45, 2.75) is 0 Å². The summed E-state index contributed by atoms with van der Waals surface area (Å²) < 4.78 is 5.43. The van der Waals surface area contributed by atoms with Crippen LogP contribution in [-0.2, 0) is 4.74 Å². The van der Waals surface area contributed by atoms with Gasteiger partial charge in [0, 0.05) is 35.5 Å². The van der Waals surface area contributed by atoms with Gasteiger partial charge in [-0.3, -0.25) is 4.79 Å². The van der Waals surface area contributed by atoms with E-state index in [9.17, 15) is 4.79 Å². The van der Waals surface area contributed by atoms with Gasteiger partial charge in [-0.25, -0.2) is 9.97 Å². The fourth-order valence-electron chi connectivity index (χ4n) is 3.77. The number of nitrogen functional groups attached to an aromatic ring is 1. The summed E-state index contributed by atoms with van der Waals surface area (Å²) in [6, 6.07) is 15.5. The first-order valence-electron chi connectivity index (χ1n) is 8.97. The SMILES string of the molecule is Nc1nc(-c2ccccc2)c2c(n1)-c1cc(N3CCOCC3)ccc1C2=O. The smallest absolute Gasteiger partial charge is 0.221 e. The molecule has 6 heteroatoms. The highest BCUT2D eigenvalue weighted by atomic mass is 16.5. The van der Waals surface area contributed by atoms with Crippen LogP contribution in [-0.4, -0.2) is 42.1 Å². The van der Waals surface area contributed by atoms with Crippen molar-refractivity contribution >= 4 is 17.4 Å². The first kappa shape index (κ1) is 16.0. The molecule has 1 aliphatic carbocycles. The monoisotopic (exact) mass is 358 g/mol. The van der Waals surface area contributed by atoms with Crippen molar-refractivity contribution in [3.8, 4) is 22.5 Å². The van der Waals surface area contributed by atoms with Crippen molar-refractivity contribution in [2.24, 2.45) is 0 Å². The number of ether oxygens (including phenoxy) is 1. The van der Waals surface area contributed by atoms with Gasteiger partial charge < -0.3 is 15.4 Å². The fourth-order valence-corrected chi connectivity index (χ4v) is 3.77. The lowest BCUT2D eigenvalue weighted by atomic mass is 10.0. The molecule has 6 nitrogen and oxygen atoms in total. The number of nitrogens with zero attached hydrogens (tertiary/aromatic N) is 3. The second kappa shape index (κ2) is 6.17. The third kappa shape index (κ3) is 2.57. The van der Waals surface area contributed by atoms with Crippen LogP contribution in [0.5, 0.6) is 0 Å². The van der Waals surface area contributed by atoms with Gasteiger partial charge in [-0.1, -0.05) is 30.3 Å². The Balaban J connectivity index is 1.67.